The Labute approximate surface area is 414 Å². The fourth-order valence-electron chi connectivity index (χ4n) is 8.23. The number of benzene rings is 4. The zero-order chi connectivity index (χ0) is 50.8. The van der Waals surface area contributed by atoms with Crippen LogP contribution in [0.25, 0.3) is 11.1 Å². The number of fused-ring (bicyclic) bond motifs is 3. The summed E-state index contributed by atoms with van der Waals surface area (Å²) in [5.74, 6) is -4.43. The summed E-state index contributed by atoms with van der Waals surface area (Å²) in [6.07, 6.45) is 0.0537. The third-order valence-electron chi connectivity index (χ3n) is 12.1. The van der Waals surface area contributed by atoms with Gasteiger partial charge >= 0.3 is 24.0 Å². The lowest BCUT2D eigenvalue weighted by molar-refractivity contribution is -0.179. The summed E-state index contributed by atoms with van der Waals surface area (Å²) < 4.78 is 57.6. The van der Waals surface area contributed by atoms with Crippen LogP contribution in [0.2, 0.25) is 5.02 Å². The zero-order valence-electron chi connectivity index (χ0n) is 40.3. The average Bonchev–Trinajstić information content (AvgIpc) is 4.07. The van der Waals surface area contributed by atoms with E-state index >= 15 is 0 Å². The van der Waals surface area contributed by atoms with Crippen LogP contribution in [0.15, 0.2) is 109 Å². The minimum Gasteiger partial charge on any atom is -0.495 e. The van der Waals surface area contributed by atoms with Crippen molar-refractivity contribution in [3.8, 4) is 16.9 Å². The molecule has 1 heterocycles. The number of alkyl carbamates (subject to hydrolysis) is 1. The maximum atomic E-state index is 14.1. The molecule has 0 saturated carbocycles. The molecule has 2 N–H and O–H groups in total. The smallest absolute Gasteiger partial charge is 0.407 e. The highest BCUT2D eigenvalue weighted by Crippen LogP contribution is 2.46. The SMILES string of the molecule is COc1ccc(C[C@@H](NC(=O)/C=C/C[C@H](OC(=O)[C@H](CC(C)C)OC(=O)C(C)(C)CNC(=O)OCC2c3ccccc3-c3ccccc32)[C@H](C)[C@H]2O[C@@H]2c2ccccc2)C(=O)OCS(C)(=O)=O)cc1Cl. The molecule has 374 valence electrons. The molecule has 1 aliphatic heterocycles. The molecule has 6 rings (SSSR count). The van der Waals surface area contributed by atoms with Crippen LogP contribution in [0.1, 0.15) is 81.7 Å². The highest BCUT2D eigenvalue weighted by molar-refractivity contribution is 7.90. The summed E-state index contributed by atoms with van der Waals surface area (Å²) in [5, 5.41) is 5.53. The topological polar surface area (TPSA) is 202 Å². The molecule has 4 aromatic carbocycles. The number of rotatable bonds is 23. The van der Waals surface area contributed by atoms with Crippen LogP contribution in [-0.4, -0.2) is 95.1 Å². The second-order valence-corrected chi connectivity index (χ2v) is 21.2. The molecule has 0 aromatic heterocycles. The van der Waals surface area contributed by atoms with E-state index in [0.29, 0.717) is 11.3 Å². The molecular weight excluding hydrogens is 940 g/mol. The fraction of sp³-hybridized carbons (Fsp3) is 0.415. The van der Waals surface area contributed by atoms with Crippen LogP contribution in [0.4, 0.5) is 4.79 Å². The summed E-state index contributed by atoms with van der Waals surface area (Å²) >= 11 is 6.30. The van der Waals surface area contributed by atoms with Gasteiger partial charge in [0.05, 0.1) is 23.7 Å². The maximum Gasteiger partial charge on any atom is 0.407 e. The van der Waals surface area contributed by atoms with E-state index in [4.69, 9.17) is 40.0 Å². The molecule has 17 heteroatoms. The standard InChI is InChI=1S/C53H61ClN2O13S/c1-32(2)26-45(68-51(60)53(4,5)30-55-52(61)65-29-40-38-20-13-11-18-36(38)37-19-12-14-21-39(37)40)50(59)67-43(33(3)47-48(69-47)35-16-9-8-10-17-35)22-15-23-46(57)56-42(49(58)66-31-70(7,62)63)28-34-24-25-44(64-6)41(54)27-34/h8-21,23-25,27,32-33,40,42-43,45,47-48H,22,26,28-31H2,1-7H3,(H,55,61)(H,56,57)/b23-15+/t33-,42+,43-,45-,47+,48+/m0/s1. The lowest BCUT2D eigenvalue weighted by Crippen LogP contribution is -2.44. The molecule has 0 radical (unpaired) electrons. The number of hydrogen-bond acceptors (Lipinski definition) is 13. The summed E-state index contributed by atoms with van der Waals surface area (Å²) in [5.41, 5.74) is 4.49. The molecule has 70 heavy (non-hydrogen) atoms. The first-order chi connectivity index (χ1) is 33.2. The maximum absolute atomic E-state index is 14.1. The number of esters is 3. The van der Waals surface area contributed by atoms with E-state index in [1.807, 2.05) is 99.6 Å². The fourth-order valence-corrected chi connectivity index (χ4v) is 8.84. The quantitative estimate of drug-likeness (QED) is 0.0313. The van der Waals surface area contributed by atoms with Gasteiger partial charge in [-0.05, 0) is 77.8 Å². The molecule has 6 atom stereocenters. The number of ether oxygens (including phenoxy) is 6. The molecular formula is C53H61ClN2O13S. The van der Waals surface area contributed by atoms with E-state index in [2.05, 4.69) is 10.6 Å². The van der Waals surface area contributed by atoms with Gasteiger partial charge in [-0.3, -0.25) is 9.59 Å². The average molecular weight is 1000 g/mol. The predicted molar refractivity (Wildman–Crippen MR) is 262 cm³/mol. The largest absolute Gasteiger partial charge is 0.495 e. The highest BCUT2D eigenvalue weighted by Gasteiger charge is 2.48. The van der Waals surface area contributed by atoms with E-state index < -0.39 is 75.3 Å². The summed E-state index contributed by atoms with van der Waals surface area (Å²) in [6, 6.07) is 29.0. The number of methoxy groups -OCH3 is 1. The van der Waals surface area contributed by atoms with Crippen LogP contribution in [0, 0.1) is 17.3 Å². The number of carbonyl (C=O) groups excluding carboxylic acids is 5. The van der Waals surface area contributed by atoms with Gasteiger partial charge in [0, 0.05) is 37.5 Å². The zero-order valence-corrected chi connectivity index (χ0v) is 41.9. The van der Waals surface area contributed by atoms with Crippen molar-refractivity contribution in [2.24, 2.45) is 17.3 Å². The van der Waals surface area contributed by atoms with Gasteiger partial charge in [-0.2, -0.15) is 0 Å². The molecule has 0 unspecified atom stereocenters. The van der Waals surface area contributed by atoms with Crippen LogP contribution in [0.3, 0.4) is 0 Å². The Morgan fingerprint density at radius 3 is 2.10 bits per heavy atom. The molecule has 2 amide bonds. The Morgan fingerprint density at radius 2 is 1.49 bits per heavy atom. The second kappa shape index (κ2) is 23.6. The Morgan fingerprint density at radius 1 is 0.843 bits per heavy atom. The first kappa shape index (κ1) is 53.1. The summed E-state index contributed by atoms with van der Waals surface area (Å²) in [7, 11) is -2.25. The third-order valence-corrected chi connectivity index (χ3v) is 12.9. The van der Waals surface area contributed by atoms with Gasteiger partial charge in [0.15, 0.2) is 21.9 Å². The van der Waals surface area contributed by atoms with Gasteiger partial charge in [-0.1, -0.05) is 123 Å². The molecule has 1 aliphatic carbocycles. The van der Waals surface area contributed by atoms with Crippen molar-refractivity contribution < 1.29 is 60.8 Å². The van der Waals surface area contributed by atoms with Crippen LogP contribution in [-0.2, 0) is 59.1 Å². The number of amides is 2. The van der Waals surface area contributed by atoms with Gasteiger partial charge in [-0.25, -0.2) is 22.8 Å². The van der Waals surface area contributed by atoms with Gasteiger partial charge in [0.2, 0.25) is 5.91 Å². The normalized spacial score (nSPS) is 17.0. The molecule has 2 aliphatic rings. The van der Waals surface area contributed by atoms with Crippen LogP contribution >= 0.6 is 11.6 Å². The lowest BCUT2D eigenvalue weighted by atomic mass is 9.93. The van der Waals surface area contributed by atoms with Crippen molar-refractivity contribution in [3.05, 3.63) is 136 Å². The molecule has 15 nitrogen and oxygen atoms in total. The van der Waals surface area contributed by atoms with Gasteiger partial charge in [0.1, 0.15) is 30.6 Å². The molecule has 1 saturated heterocycles. The number of halogens is 1. The molecule has 0 bridgehead atoms. The van der Waals surface area contributed by atoms with Gasteiger partial charge in [0.25, 0.3) is 0 Å². The number of sulfone groups is 1. The Hall–Kier alpha value is -6.23. The van der Waals surface area contributed by atoms with E-state index in [1.165, 1.54) is 19.3 Å². The monoisotopic (exact) mass is 1000 g/mol. The Bertz CT molecular complexity index is 2610. The molecule has 0 spiro atoms. The minimum atomic E-state index is -3.69. The van der Waals surface area contributed by atoms with Crippen molar-refractivity contribution in [1.82, 2.24) is 10.6 Å². The van der Waals surface area contributed by atoms with Gasteiger partial charge in [-0.15, -0.1) is 0 Å². The third kappa shape index (κ3) is 14.4. The minimum absolute atomic E-state index is 0.0108. The molecule has 1 fully saturated rings. The second-order valence-electron chi connectivity index (χ2n) is 18.7. The Kier molecular flexibility index (Phi) is 17.9. The number of epoxide rings is 1. The number of nitrogens with one attached hydrogen (secondary N) is 2. The van der Waals surface area contributed by atoms with Crippen molar-refractivity contribution in [2.75, 3.05) is 32.5 Å². The Balaban J connectivity index is 1.11. The highest BCUT2D eigenvalue weighted by atomic mass is 35.5. The predicted octanol–water partition coefficient (Wildman–Crippen LogP) is 8.08. The van der Waals surface area contributed by atoms with Crippen molar-refractivity contribution >= 4 is 51.3 Å². The first-order valence-corrected chi connectivity index (χ1v) is 25.5. The number of hydrogen-bond donors (Lipinski definition) is 2. The lowest BCUT2D eigenvalue weighted by Gasteiger charge is -2.29. The van der Waals surface area contributed by atoms with E-state index in [9.17, 15) is 32.4 Å². The van der Waals surface area contributed by atoms with Crippen molar-refractivity contribution in [2.45, 2.75) is 90.3 Å². The van der Waals surface area contributed by atoms with Crippen molar-refractivity contribution in [1.29, 1.82) is 0 Å². The summed E-state index contributed by atoms with van der Waals surface area (Å²) in [6.45, 7) is 8.72. The van der Waals surface area contributed by atoms with Crippen LogP contribution < -0.4 is 15.4 Å². The first-order valence-electron chi connectivity index (χ1n) is 23.1. The van der Waals surface area contributed by atoms with E-state index in [-0.39, 0.29) is 61.5 Å². The number of carbonyl (C=O) groups is 5. The summed E-state index contributed by atoms with van der Waals surface area (Å²) in [4.78, 5) is 67.5. The van der Waals surface area contributed by atoms with E-state index in [0.717, 1.165) is 34.1 Å². The van der Waals surface area contributed by atoms with E-state index in [1.54, 1.807) is 32.0 Å². The van der Waals surface area contributed by atoms with Crippen molar-refractivity contribution in [3.63, 3.8) is 0 Å². The molecule has 4 aromatic rings. The van der Waals surface area contributed by atoms with Gasteiger partial charge < -0.3 is 39.1 Å². The van der Waals surface area contributed by atoms with Crippen LogP contribution in [0.5, 0.6) is 5.75 Å².